The first-order valence-electron chi connectivity index (χ1n) is 6.78. The molecule has 11 heteroatoms. The van der Waals surface area contributed by atoms with Crippen molar-refractivity contribution in [1.82, 2.24) is 4.31 Å². The van der Waals surface area contributed by atoms with Crippen molar-refractivity contribution in [1.29, 1.82) is 0 Å². The number of esters is 1. The van der Waals surface area contributed by atoms with Gasteiger partial charge in [0.15, 0.2) is 4.90 Å². The van der Waals surface area contributed by atoms with E-state index in [0.29, 0.717) is 0 Å². The second-order valence-corrected chi connectivity index (χ2v) is 7.41. The van der Waals surface area contributed by atoms with Crippen LogP contribution in [0.15, 0.2) is 29.2 Å². The maximum atomic E-state index is 12.7. The van der Waals surface area contributed by atoms with E-state index < -0.39 is 44.1 Å². The number of nitro groups is 1. The van der Waals surface area contributed by atoms with Crippen molar-refractivity contribution < 1.29 is 28.0 Å². The molecule has 0 fully saturated rings. The maximum Gasteiger partial charge on any atom is 0.308 e. The van der Waals surface area contributed by atoms with Gasteiger partial charge in [-0.3, -0.25) is 14.9 Å². The number of carbonyl (C=O) groups is 1. The van der Waals surface area contributed by atoms with Crippen molar-refractivity contribution in [2.75, 3.05) is 25.5 Å². The number of nitrogens with zero attached hydrogens (tertiary/aromatic N) is 2. The van der Waals surface area contributed by atoms with Crippen LogP contribution < -0.4 is 0 Å². The lowest BCUT2D eigenvalue weighted by molar-refractivity contribution is -0.387. The van der Waals surface area contributed by atoms with E-state index in [2.05, 4.69) is 20.7 Å². The van der Waals surface area contributed by atoms with E-state index in [-0.39, 0.29) is 18.3 Å². The van der Waals surface area contributed by atoms with Crippen LogP contribution in [0.3, 0.4) is 0 Å². The third-order valence-corrected chi connectivity index (χ3v) is 5.33. The van der Waals surface area contributed by atoms with Crippen LogP contribution >= 0.6 is 15.9 Å². The Kier molecular flexibility index (Phi) is 7.73. The molecule has 1 rings (SSSR count). The summed E-state index contributed by atoms with van der Waals surface area (Å²) in [5, 5.41) is 21.2. The van der Waals surface area contributed by atoms with E-state index in [1.165, 1.54) is 12.1 Å². The Labute approximate surface area is 147 Å². The van der Waals surface area contributed by atoms with Gasteiger partial charge >= 0.3 is 5.97 Å². The Morgan fingerprint density at radius 1 is 1.46 bits per heavy atom. The molecule has 0 saturated carbocycles. The fourth-order valence-electron chi connectivity index (χ4n) is 1.94. The van der Waals surface area contributed by atoms with Crippen LogP contribution in [0, 0.1) is 10.1 Å². The monoisotopic (exact) mass is 424 g/mol. The topological polar surface area (TPSA) is 127 Å². The first kappa shape index (κ1) is 20.5. The molecule has 0 amide bonds. The van der Waals surface area contributed by atoms with Crippen LogP contribution in [0.2, 0.25) is 0 Å². The molecule has 1 N–H and O–H groups in total. The van der Waals surface area contributed by atoms with Gasteiger partial charge in [0.1, 0.15) is 0 Å². The van der Waals surface area contributed by atoms with Crippen LogP contribution in [0.5, 0.6) is 0 Å². The summed E-state index contributed by atoms with van der Waals surface area (Å²) in [5.41, 5.74) is -0.556. The van der Waals surface area contributed by atoms with Crippen LogP contribution in [0.25, 0.3) is 0 Å². The molecular formula is C13H17BrN2O7S. The fraction of sp³-hybridized carbons (Fsp3) is 0.462. The Morgan fingerprint density at radius 2 is 2.08 bits per heavy atom. The van der Waals surface area contributed by atoms with Crippen molar-refractivity contribution >= 4 is 37.6 Å². The van der Waals surface area contributed by atoms with Gasteiger partial charge in [0.05, 0.1) is 24.6 Å². The molecule has 134 valence electrons. The van der Waals surface area contributed by atoms with Crippen LogP contribution in [-0.4, -0.2) is 60.4 Å². The van der Waals surface area contributed by atoms with Gasteiger partial charge in [-0.2, -0.15) is 4.31 Å². The highest BCUT2D eigenvalue weighted by atomic mass is 79.9. The SMILES string of the molecule is COC(=O)CC(O)CN(CCBr)S(=O)(=O)c1ccccc1[N+](=O)[O-]. The van der Waals surface area contributed by atoms with Crippen LogP contribution in [0.1, 0.15) is 6.42 Å². The van der Waals surface area contributed by atoms with Gasteiger partial charge in [-0.25, -0.2) is 8.42 Å². The van der Waals surface area contributed by atoms with Gasteiger partial charge in [-0.1, -0.05) is 28.1 Å². The summed E-state index contributed by atoms with van der Waals surface area (Å²) in [6.45, 7) is -0.429. The number of ether oxygens (including phenoxy) is 1. The number of nitro benzene ring substituents is 1. The number of sulfonamides is 1. The Balaban J connectivity index is 3.14. The van der Waals surface area contributed by atoms with E-state index in [1.54, 1.807) is 0 Å². The molecule has 0 heterocycles. The minimum atomic E-state index is -4.23. The number of methoxy groups -OCH3 is 1. The highest BCUT2D eigenvalue weighted by Gasteiger charge is 2.32. The van der Waals surface area contributed by atoms with E-state index in [9.17, 15) is 28.4 Å². The molecule has 9 nitrogen and oxygen atoms in total. The van der Waals surface area contributed by atoms with Crippen molar-refractivity contribution in [3.8, 4) is 0 Å². The summed E-state index contributed by atoms with van der Waals surface area (Å²) < 4.78 is 30.7. The highest BCUT2D eigenvalue weighted by Crippen LogP contribution is 2.26. The Bertz CT molecular complexity index is 695. The number of hydrogen-bond acceptors (Lipinski definition) is 7. The van der Waals surface area contributed by atoms with Gasteiger partial charge in [-0.15, -0.1) is 0 Å². The standard InChI is InChI=1S/C13H17BrN2O7S/c1-23-13(18)8-10(17)9-15(7-6-14)24(21,22)12-5-3-2-4-11(12)16(19)20/h2-5,10,17H,6-9H2,1H3. The number of benzene rings is 1. The number of rotatable bonds is 9. The molecular weight excluding hydrogens is 408 g/mol. The third kappa shape index (κ3) is 5.23. The lowest BCUT2D eigenvalue weighted by atomic mass is 10.2. The van der Waals surface area contributed by atoms with E-state index in [1.807, 2.05) is 0 Å². The van der Waals surface area contributed by atoms with Gasteiger partial charge in [0.2, 0.25) is 10.0 Å². The minimum Gasteiger partial charge on any atom is -0.469 e. The summed E-state index contributed by atoms with van der Waals surface area (Å²) in [6.07, 6.45) is -1.68. The van der Waals surface area contributed by atoms with E-state index >= 15 is 0 Å². The lowest BCUT2D eigenvalue weighted by Crippen LogP contribution is -2.39. The van der Waals surface area contributed by atoms with Crippen molar-refractivity contribution in [2.45, 2.75) is 17.4 Å². The number of aliphatic hydroxyl groups is 1. The van der Waals surface area contributed by atoms with E-state index in [0.717, 1.165) is 23.5 Å². The number of halogens is 1. The molecule has 1 unspecified atom stereocenters. The number of para-hydroxylation sites is 1. The average Bonchev–Trinajstić information content (AvgIpc) is 2.54. The van der Waals surface area contributed by atoms with Gasteiger partial charge in [0, 0.05) is 24.5 Å². The second kappa shape index (κ2) is 9.06. The third-order valence-electron chi connectivity index (χ3n) is 3.06. The molecule has 0 bridgehead atoms. The summed E-state index contributed by atoms with van der Waals surface area (Å²) in [5.74, 6) is -0.690. The summed E-state index contributed by atoms with van der Waals surface area (Å²) >= 11 is 3.10. The largest absolute Gasteiger partial charge is 0.469 e. The van der Waals surface area contributed by atoms with Crippen molar-refractivity contribution in [3.63, 3.8) is 0 Å². The molecule has 0 radical (unpaired) electrons. The number of alkyl halides is 1. The Morgan fingerprint density at radius 3 is 2.62 bits per heavy atom. The second-order valence-electron chi connectivity index (χ2n) is 4.71. The number of carbonyl (C=O) groups excluding carboxylic acids is 1. The molecule has 0 aromatic heterocycles. The fourth-order valence-corrected chi connectivity index (χ4v) is 4.24. The predicted octanol–water partition coefficient (Wildman–Crippen LogP) is 0.904. The molecule has 24 heavy (non-hydrogen) atoms. The van der Waals surface area contributed by atoms with Gasteiger partial charge in [0.25, 0.3) is 5.69 Å². The molecule has 1 aromatic carbocycles. The predicted molar refractivity (Wildman–Crippen MR) is 88.3 cm³/mol. The maximum absolute atomic E-state index is 12.7. The zero-order chi connectivity index (χ0) is 18.3. The molecule has 0 aliphatic heterocycles. The first-order chi connectivity index (χ1) is 11.2. The van der Waals surface area contributed by atoms with E-state index in [4.69, 9.17) is 0 Å². The molecule has 0 spiro atoms. The molecule has 0 aliphatic carbocycles. The molecule has 1 atom stereocenters. The van der Waals surface area contributed by atoms with Crippen LogP contribution in [-0.2, 0) is 19.6 Å². The average molecular weight is 425 g/mol. The summed E-state index contributed by atoms with van der Waals surface area (Å²) in [6, 6.07) is 4.95. The summed E-state index contributed by atoms with van der Waals surface area (Å²) in [7, 11) is -3.08. The normalized spacial score (nSPS) is 12.8. The number of hydrogen-bond donors (Lipinski definition) is 1. The summed E-state index contributed by atoms with van der Waals surface area (Å²) in [4.78, 5) is 21.0. The minimum absolute atomic E-state index is 0.0351. The molecule has 0 aliphatic rings. The lowest BCUT2D eigenvalue weighted by Gasteiger charge is -2.23. The first-order valence-corrected chi connectivity index (χ1v) is 9.34. The number of aliphatic hydroxyl groups excluding tert-OH is 1. The zero-order valence-electron chi connectivity index (χ0n) is 12.8. The quantitative estimate of drug-likeness (QED) is 0.270. The van der Waals surface area contributed by atoms with Gasteiger partial charge < -0.3 is 9.84 Å². The van der Waals surface area contributed by atoms with Crippen molar-refractivity contribution in [3.05, 3.63) is 34.4 Å². The Hall–Kier alpha value is -1.56. The highest BCUT2D eigenvalue weighted by molar-refractivity contribution is 9.09. The molecule has 1 aromatic rings. The molecule has 0 saturated heterocycles. The van der Waals surface area contributed by atoms with Gasteiger partial charge in [-0.05, 0) is 6.07 Å². The smallest absolute Gasteiger partial charge is 0.308 e. The van der Waals surface area contributed by atoms with Crippen LogP contribution in [0.4, 0.5) is 5.69 Å². The van der Waals surface area contributed by atoms with Crippen molar-refractivity contribution in [2.24, 2.45) is 0 Å². The zero-order valence-corrected chi connectivity index (χ0v) is 15.2.